The van der Waals surface area contributed by atoms with Crippen LogP contribution in [-0.4, -0.2) is 9.55 Å². The van der Waals surface area contributed by atoms with Crippen molar-refractivity contribution in [1.29, 1.82) is 0 Å². The first-order chi connectivity index (χ1) is 27.1. The van der Waals surface area contributed by atoms with Gasteiger partial charge in [-0.05, 0) is 143 Å². The van der Waals surface area contributed by atoms with Crippen LogP contribution in [0, 0.1) is 13.8 Å². The highest BCUT2D eigenvalue weighted by Gasteiger charge is 2.15. The van der Waals surface area contributed by atoms with Crippen LogP contribution in [0.5, 0.6) is 0 Å². The smallest absolute Gasteiger partial charge is 0.111 e. The zero-order valence-corrected chi connectivity index (χ0v) is 30.7. The molecule has 2 nitrogen and oxygen atoms in total. The molecule has 55 heavy (non-hydrogen) atoms. The van der Waals surface area contributed by atoms with E-state index in [4.69, 9.17) is 4.98 Å². The highest BCUT2D eigenvalue weighted by atomic mass is 15.1. The maximum Gasteiger partial charge on any atom is 0.111 e. The highest BCUT2D eigenvalue weighted by molar-refractivity contribution is 6.21. The molecular weight excluding hydrogens is 665 g/mol. The molecule has 0 atom stereocenters. The van der Waals surface area contributed by atoms with E-state index >= 15 is 0 Å². The summed E-state index contributed by atoms with van der Waals surface area (Å²) in [5.74, 6) is 0.992. The fraction of sp³-hybridized carbons (Fsp3) is 0.0377. The van der Waals surface area contributed by atoms with E-state index in [0.717, 1.165) is 22.5 Å². The van der Waals surface area contributed by atoms with Crippen molar-refractivity contribution in [3.8, 4) is 39.1 Å². The van der Waals surface area contributed by atoms with E-state index in [-0.39, 0.29) is 0 Å². The highest BCUT2D eigenvalue weighted by Crippen LogP contribution is 2.42. The van der Waals surface area contributed by atoms with Gasteiger partial charge in [0.05, 0.1) is 11.0 Å². The Bertz CT molecular complexity index is 3330. The Hall–Kier alpha value is -7.03. The fourth-order valence-corrected chi connectivity index (χ4v) is 8.96. The zero-order chi connectivity index (χ0) is 36.6. The monoisotopic (exact) mass is 700 g/mol. The maximum absolute atomic E-state index is 4.78. The third-order valence-electron chi connectivity index (χ3n) is 11.6. The molecule has 0 spiro atoms. The Labute approximate surface area is 319 Å². The van der Waals surface area contributed by atoms with Crippen molar-refractivity contribution < 1.29 is 0 Å². The van der Waals surface area contributed by atoms with Crippen LogP contribution in [0.2, 0.25) is 0 Å². The van der Waals surface area contributed by atoms with Crippen LogP contribution in [0.15, 0.2) is 182 Å². The van der Waals surface area contributed by atoms with E-state index < -0.39 is 0 Å². The molecule has 0 aliphatic carbocycles. The molecule has 0 aliphatic heterocycles. The van der Waals surface area contributed by atoms with Crippen LogP contribution in [0.1, 0.15) is 11.4 Å². The SMILES string of the molecule is Cc1cccc2ccc3cccc(-c4cccc5ccc6cc(-c7ccc(-c8ccc9cc(-n%10c(C)nc%11ccccc%11%10)ccc9c8)cc7)ccc6c45)c3c12. The third kappa shape index (κ3) is 5.06. The first kappa shape index (κ1) is 31.5. The van der Waals surface area contributed by atoms with Crippen LogP contribution < -0.4 is 0 Å². The number of hydrogen-bond donors (Lipinski definition) is 0. The van der Waals surface area contributed by atoms with Crippen molar-refractivity contribution in [2.24, 2.45) is 0 Å². The number of aryl methyl sites for hydroxylation is 2. The first-order valence-corrected chi connectivity index (χ1v) is 19.0. The Morgan fingerprint density at radius 3 is 1.69 bits per heavy atom. The number of fused-ring (bicyclic) bond motifs is 8. The number of hydrogen-bond acceptors (Lipinski definition) is 1. The van der Waals surface area contributed by atoms with Crippen LogP contribution >= 0.6 is 0 Å². The molecule has 2 heteroatoms. The lowest BCUT2D eigenvalue weighted by atomic mass is 9.88. The molecule has 0 saturated carbocycles. The first-order valence-electron chi connectivity index (χ1n) is 19.0. The predicted octanol–water partition coefficient (Wildman–Crippen LogP) is 14.4. The molecule has 258 valence electrons. The van der Waals surface area contributed by atoms with Gasteiger partial charge in [0.15, 0.2) is 0 Å². The summed E-state index contributed by atoms with van der Waals surface area (Å²) >= 11 is 0. The van der Waals surface area contributed by atoms with Crippen molar-refractivity contribution in [1.82, 2.24) is 9.55 Å². The van der Waals surface area contributed by atoms with Gasteiger partial charge >= 0.3 is 0 Å². The number of benzene rings is 10. The largest absolute Gasteiger partial charge is 0.297 e. The van der Waals surface area contributed by atoms with Crippen LogP contribution in [0.25, 0.3) is 104 Å². The summed E-state index contributed by atoms with van der Waals surface area (Å²) < 4.78 is 2.24. The molecule has 0 radical (unpaired) electrons. The lowest BCUT2D eigenvalue weighted by molar-refractivity contribution is 1.00. The Morgan fingerprint density at radius 2 is 0.927 bits per heavy atom. The van der Waals surface area contributed by atoms with Crippen molar-refractivity contribution in [3.63, 3.8) is 0 Å². The molecule has 0 saturated heterocycles. The maximum atomic E-state index is 4.78. The van der Waals surface area contributed by atoms with Crippen molar-refractivity contribution in [3.05, 3.63) is 193 Å². The van der Waals surface area contributed by atoms with Gasteiger partial charge in [0.2, 0.25) is 0 Å². The van der Waals surface area contributed by atoms with Gasteiger partial charge in [0.1, 0.15) is 5.82 Å². The molecule has 0 bridgehead atoms. The molecular formula is C53H36N2. The summed E-state index contributed by atoms with van der Waals surface area (Å²) in [7, 11) is 0. The normalized spacial score (nSPS) is 11.8. The van der Waals surface area contributed by atoms with E-state index in [1.165, 1.54) is 92.8 Å². The second-order valence-electron chi connectivity index (χ2n) is 14.9. The molecule has 11 aromatic rings. The molecule has 0 N–H and O–H groups in total. The van der Waals surface area contributed by atoms with Gasteiger partial charge in [-0.25, -0.2) is 4.98 Å². The molecule has 1 aromatic heterocycles. The van der Waals surface area contributed by atoms with Crippen molar-refractivity contribution in [2.45, 2.75) is 13.8 Å². The lowest BCUT2D eigenvalue weighted by Crippen LogP contribution is -1.96. The van der Waals surface area contributed by atoms with Crippen molar-refractivity contribution in [2.75, 3.05) is 0 Å². The lowest BCUT2D eigenvalue weighted by Gasteiger charge is -2.16. The summed E-state index contributed by atoms with van der Waals surface area (Å²) in [6.45, 7) is 4.30. The van der Waals surface area contributed by atoms with Gasteiger partial charge in [-0.3, -0.25) is 4.57 Å². The summed E-state index contributed by atoms with van der Waals surface area (Å²) in [6, 6.07) is 67.0. The van der Waals surface area contributed by atoms with Gasteiger partial charge < -0.3 is 0 Å². The Balaban J connectivity index is 0.950. The van der Waals surface area contributed by atoms with E-state index in [1.54, 1.807) is 0 Å². The van der Waals surface area contributed by atoms with E-state index in [9.17, 15) is 0 Å². The van der Waals surface area contributed by atoms with Gasteiger partial charge in [-0.15, -0.1) is 0 Å². The number of nitrogens with zero attached hydrogens (tertiary/aromatic N) is 2. The number of para-hydroxylation sites is 2. The average Bonchev–Trinajstić information content (AvgIpc) is 3.58. The van der Waals surface area contributed by atoms with E-state index in [1.807, 2.05) is 6.07 Å². The number of aromatic nitrogens is 2. The minimum atomic E-state index is 0.992. The molecule has 0 unspecified atom stereocenters. The summed E-state index contributed by atoms with van der Waals surface area (Å²) in [6.07, 6.45) is 0. The fourth-order valence-electron chi connectivity index (χ4n) is 8.96. The zero-order valence-electron chi connectivity index (χ0n) is 30.7. The average molecular weight is 701 g/mol. The van der Waals surface area contributed by atoms with Crippen LogP contribution in [0.3, 0.4) is 0 Å². The predicted molar refractivity (Wildman–Crippen MR) is 234 cm³/mol. The third-order valence-corrected chi connectivity index (χ3v) is 11.6. The van der Waals surface area contributed by atoms with Crippen molar-refractivity contribution >= 4 is 64.9 Å². The van der Waals surface area contributed by atoms with Gasteiger partial charge in [-0.1, -0.05) is 146 Å². The number of imidazole rings is 1. The van der Waals surface area contributed by atoms with E-state index in [0.29, 0.717) is 0 Å². The van der Waals surface area contributed by atoms with E-state index in [2.05, 4.69) is 194 Å². The quantitative estimate of drug-likeness (QED) is 0.167. The van der Waals surface area contributed by atoms with Gasteiger partial charge in [-0.2, -0.15) is 0 Å². The van der Waals surface area contributed by atoms with Gasteiger partial charge in [0.25, 0.3) is 0 Å². The topological polar surface area (TPSA) is 17.8 Å². The molecule has 1 heterocycles. The second-order valence-corrected chi connectivity index (χ2v) is 14.9. The standard InChI is InChI=1S/C53H36N2/c1-33-8-5-9-37-20-21-39-11-7-13-48(53(39)51(33)37)47-12-6-10-38-22-25-44-31-41(27-29-46(44)52(38)47)36-18-16-35(17-19-36)40-23-24-43-32-45(28-26-42(43)30-40)55-34(2)54-49-14-3-4-15-50(49)55/h3-32H,1-2H3. The van der Waals surface area contributed by atoms with Crippen LogP contribution in [-0.2, 0) is 0 Å². The molecule has 11 rings (SSSR count). The van der Waals surface area contributed by atoms with Crippen LogP contribution in [0.4, 0.5) is 0 Å². The second kappa shape index (κ2) is 12.3. The molecule has 10 aromatic carbocycles. The Morgan fingerprint density at radius 1 is 0.382 bits per heavy atom. The molecule has 0 amide bonds. The molecule has 0 fully saturated rings. The Kier molecular flexibility index (Phi) is 7.02. The molecule has 0 aliphatic rings. The summed E-state index contributed by atoms with van der Waals surface area (Å²) in [4.78, 5) is 4.78. The number of rotatable bonds is 4. The van der Waals surface area contributed by atoms with Gasteiger partial charge in [0, 0.05) is 5.69 Å². The minimum absolute atomic E-state index is 0.992. The minimum Gasteiger partial charge on any atom is -0.297 e. The summed E-state index contributed by atoms with van der Waals surface area (Å²) in [5.41, 5.74) is 12.0. The summed E-state index contributed by atoms with van der Waals surface area (Å²) in [5, 5.41) is 12.7.